The van der Waals surface area contributed by atoms with Crippen molar-refractivity contribution in [2.45, 2.75) is 32.8 Å². The number of rotatable bonds is 7. The number of amides is 1. The Kier molecular flexibility index (Phi) is 8.08. The van der Waals surface area contributed by atoms with Gasteiger partial charge in [0.05, 0.1) is 23.2 Å². The van der Waals surface area contributed by atoms with Crippen molar-refractivity contribution in [3.05, 3.63) is 59.6 Å². The van der Waals surface area contributed by atoms with Crippen LogP contribution >= 0.6 is 11.6 Å². The minimum atomic E-state index is -3.57. The standard InChI is InChI=1S/C26H31ClN6O4S/c1-26(2,3)37-25(34)33-13-10-18(11-14-33)23-30-21-17-29-22(27)16-20(21)24(31-23)28-12-15-38(35,36)32(4)19-8-6-5-7-9-19/h5-10,16-17H,11-15H2,1-4H3,(H,28,30,31). The zero-order valence-electron chi connectivity index (χ0n) is 21.8. The summed E-state index contributed by atoms with van der Waals surface area (Å²) in [7, 11) is -2.04. The summed E-state index contributed by atoms with van der Waals surface area (Å²) in [5.74, 6) is 0.797. The molecule has 3 aromatic rings. The Morgan fingerprint density at radius 2 is 1.95 bits per heavy atom. The van der Waals surface area contributed by atoms with Gasteiger partial charge in [0.25, 0.3) is 0 Å². The monoisotopic (exact) mass is 558 g/mol. The summed E-state index contributed by atoms with van der Waals surface area (Å²) in [6.07, 6.45) is 3.64. The van der Waals surface area contributed by atoms with E-state index in [9.17, 15) is 13.2 Å². The number of ether oxygens (including phenoxy) is 1. The smallest absolute Gasteiger partial charge is 0.410 e. The van der Waals surface area contributed by atoms with Crippen LogP contribution in [0.1, 0.15) is 33.0 Å². The second-order valence-electron chi connectivity index (χ2n) is 9.87. The van der Waals surface area contributed by atoms with Crippen LogP contribution in [-0.4, -0.2) is 72.4 Å². The fourth-order valence-corrected chi connectivity index (χ4v) is 5.12. The van der Waals surface area contributed by atoms with E-state index in [1.54, 1.807) is 41.4 Å². The number of benzene rings is 1. The van der Waals surface area contributed by atoms with Crippen LogP contribution in [-0.2, 0) is 14.8 Å². The van der Waals surface area contributed by atoms with Gasteiger partial charge >= 0.3 is 6.09 Å². The van der Waals surface area contributed by atoms with Crippen molar-refractivity contribution in [3.8, 4) is 0 Å². The van der Waals surface area contributed by atoms with E-state index < -0.39 is 15.6 Å². The maximum atomic E-state index is 12.9. The molecule has 0 atom stereocenters. The molecule has 0 aliphatic carbocycles. The molecule has 10 nitrogen and oxygen atoms in total. The fourth-order valence-electron chi connectivity index (χ4n) is 3.88. The highest BCUT2D eigenvalue weighted by Crippen LogP contribution is 2.27. The summed E-state index contributed by atoms with van der Waals surface area (Å²) in [5, 5.41) is 4.06. The SMILES string of the molecule is CN(c1ccccc1)S(=O)(=O)CCNc1nc(C2=CCN(C(=O)OC(C)(C)C)CC2)nc2cnc(Cl)cc12. The molecular weight excluding hydrogens is 528 g/mol. The molecule has 0 unspecified atom stereocenters. The normalized spacial score (nSPS) is 14.2. The molecule has 0 radical (unpaired) electrons. The van der Waals surface area contributed by atoms with Crippen LogP contribution < -0.4 is 9.62 Å². The third kappa shape index (κ3) is 6.70. The largest absolute Gasteiger partial charge is 0.444 e. The third-order valence-corrected chi connectivity index (χ3v) is 7.86. The second kappa shape index (κ2) is 11.1. The molecule has 1 N–H and O–H groups in total. The number of hydrogen-bond donors (Lipinski definition) is 1. The lowest BCUT2D eigenvalue weighted by atomic mass is 10.1. The summed E-state index contributed by atoms with van der Waals surface area (Å²) < 4.78 is 32.5. The Labute approximate surface area is 227 Å². The minimum Gasteiger partial charge on any atom is -0.444 e. The van der Waals surface area contributed by atoms with Gasteiger partial charge in [-0.1, -0.05) is 35.9 Å². The second-order valence-corrected chi connectivity index (χ2v) is 12.4. The summed E-state index contributed by atoms with van der Waals surface area (Å²) >= 11 is 6.13. The zero-order valence-corrected chi connectivity index (χ0v) is 23.4. The number of aromatic nitrogens is 3. The van der Waals surface area contributed by atoms with E-state index in [2.05, 4.69) is 15.3 Å². The number of halogens is 1. The molecular formula is C26H31ClN6O4S. The third-order valence-electron chi connectivity index (χ3n) is 5.89. The molecule has 4 rings (SSSR count). The molecule has 1 aromatic carbocycles. The Bertz CT molecular complexity index is 1460. The molecule has 202 valence electrons. The lowest BCUT2D eigenvalue weighted by Crippen LogP contribution is -2.39. The van der Waals surface area contributed by atoms with Gasteiger partial charge in [0, 0.05) is 32.1 Å². The first kappa shape index (κ1) is 27.6. The molecule has 0 fully saturated rings. The van der Waals surface area contributed by atoms with Crippen LogP contribution in [0.4, 0.5) is 16.3 Å². The Hall–Kier alpha value is -3.44. The number of carbonyl (C=O) groups excluding carboxylic acids is 1. The molecule has 0 bridgehead atoms. The highest BCUT2D eigenvalue weighted by atomic mass is 35.5. The Morgan fingerprint density at radius 1 is 1.21 bits per heavy atom. The predicted molar refractivity (Wildman–Crippen MR) is 150 cm³/mol. The summed E-state index contributed by atoms with van der Waals surface area (Å²) in [5.41, 5.74) is 1.47. The predicted octanol–water partition coefficient (Wildman–Crippen LogP) is 4.58. The van der Waals surface area contributed by atoms with E-state index in [0.717, 1.165) is 5.57 Å². The number of pyridine rings is 1. The van der Waals surface area contributed by atoms with Gasteiger partial charge in [-0.25, -0.2) is 28.2 Å². The maximum absolute atomic E-state index is 12.9. The Balaban J connectivity index is 1.53. The molecule has 3 heterocycles. The highest BCUT2D eigenvalue weighted by Gasteiger charge is 2.25. The minimum absolute atomic E-state index is 0.121. The van der Waals surface area contributed by atoms with Crippen LogP contribution in [0.25, 0.3) is 16.5 Å². The van der Waals surface area contributed by atoms with Crippen LogP contribution in [0.5, 0.6) is 0 Å². The van der Waals surface area contributed by atoms with Crippen molar-refractivity contribution in [2.24, 2.45) is 0 Å². The quantitative estimate of drug-likeness (QED) is 0.419. The molecule has 1 aliphatic rings. The molecule has 1 amide bonds. The van der Waals surface area contributed by atoms with Crippen molar-refractivity contribution in [3.63, 3.8) is 0 Å². The van der Waals surface area contributed by atoms with Crippen molar-refractivity contribution >= 4 is 55.7 Å². The van der Waals surface area contributed by atoms with Gasteiger partial charge in [0.15, 0.2) is 5.82 Å². The molecule has 0 saturated heterocycles. The number of hydrogen-bond acceptors (Lipinski definition) is 8. The van der Waals surface area contributed by atoms with E-state index >= 15 is 0 Å². The molecule has 12 heteroatoms. The number of sulfonamides is 1. The number of nitrogens with zero attached hydrogens (tertiary/aromatic N) is 5. The topological polar surface area (TPSA) is 118 Å². The molecule has 38 heavy (non-hydrogen) atoms. The first-order chi connectivity index (χ1) is 17.9. The molecule has 0 saturated carbocycles. The number of carbonyl (C=O) groups is 1. The van der Waals surface area contributed by atoms with E-state index in [-0.39, 0.29) is 23.5 Å². The van der Waals surface area contributed by atoms with Crippen LogP contribution in [0, 0.1) is 0 Å². The average molecular weight is 559 g/mol. The van der Waals surface area contributed by atoms with E-state index in [0.29, 0.717) is 47.7 Å². The molecule has 2 aromatic heterocycles. The van der Waals surface area contributed by atoms with Crippen LogP contribution in [0.2, 0.25) is 5.15 Å². The van der Waals surface area contributed by atoms with Gasteiger partial charge in [0.1, 0.15) is 16.6 Å². The van der Waals surface area contributed by atoms with Crippen molar-refractivity contribution < 1.29 is 17.9 Å². The number of para-hydroxylation sites is 1. The van der Waals surface area contributed by atoms with Crippen LogP contribution in [0.15, 0.2) is 48.7 Å². The van der Waals surface area contributed by atoms with Gasteiger partial charge in [-0.05, 0) is 51.0 Å². The van der Waals surface area contributed by atoms with Crippen LogP contribution in [0.3, 0.4) is 0 Å². The lowest BCUT2D eigenvalue weighted by Gasteiger charge is -2.29. The number of anilines is 2. The first-order valence-electron chi connectivity index (χ1n) is 12.2. The van der Waals surface area contributed by atoms with Gasteiger partial charge < -0.3 is 15.0 Å². The Morgan fingerprint density at radius 3 is 2.61 bits per heavy atom. The molecule has 0 spiro atoms. The van der Waals surface area contributed by atoms with Gasteiger partial charge in [-0.3, -0.25) is 4.31 Å². The summed E-state index contributed by atoms with van der Waals surface area (Å²) in [4.78, 5) is 27.5. The van der Waals surface area contributed by atoms with Crippen molar-refractivity contribution in [1.29, 1.82) is 0 Å². The maximum Gasteiger partial charge on any atom is 0.410 e. The average Bonchev–Trinajstić information content (AvgIpc) is 2.88. The number of nitrogens with one attached hydrogen (secondary N) is 1. The van der Waals surface area contributed by atoms with Crippen molar-refractivity contribution in [2.75, 3.05) is 42.1 Å². The number of fused-ring (bicyclic) bond motifs is 1. The summed E-state index contributed by atoms with van der Waals surface area (Å²) in [6.45, 7) is 6.46. The van der Waals surface area contributed by atoms with E-state index in [4.69, 9.17) is 21.3 Å². The van der Waals surface area contributed by atoms with E-state index in [1.165, 1.54) is 11.4 Å². The van der Waals surface area contributed by atoms with E-state index in [1.807, 2.05) is 32.9 Å². The highest BCUT2D eigenvalue weighted by molar-refractivity contribution is 7.92. The van der Waals surface area contributed by atoms with Gasteiger partial charge in [-0.15, -0.1) is 0 Å². The molecule has 1 aliphatic heterocycles. The summed E-state index contributed by atoms with van der Waals surface area (Å²) in [6, 6.07) is 10.5. The van der Waals surface area contributed by atoms with Gasteiger partial charge in [0.2, 0.25) is 10.0 Å². The first-order valence-corrected chi connectivity index (χ1v) is 14.2. The van der Waals surface area contributed by atoms with Gasteiger partial charge in [-0.2, -0.15) is 0 Å². The lowest BCUT2D eigenvalue weighted by molar-refractivity contribution is 0.0270. The van der Waals surface area contributed by atoms with Crippen molar-refractivity contribution in [1.82, 2.24) is 19.9 Å². The fraction of sp³-hybridized carbons (Fsp3) is 0.385. The zero-order chi connectivity index (χ0) is 27.5.